The molecule has 0 aliphatic carbocycles. The van der Waals surface area contributed by atoms with E-state index in [4.69, 9.17) is 0 Å². The lowest BCUT2D eigenvalue weighted by atomic mass is 10.1. The highest BCUT2D eigenvalue weighted by atomic mass is 15.2. The Kier molecular flexibility index (Phi) is 4.57. The van der Waals surface area contributed by atoms with Gasteiger partial charge in [0.05, 0.1) is 0 Å². The Labute approximate surface area is 105 Å². The molecule has 2 nitrogen and oxygen atoms in total. The standard InChI is InChI=1S/C15H24N2/c1-13-14(2)17(12-10-16-13)11-6-9-15-7-4-3-5-8-15/h3-5,7-8,13-14,16H,6,9-12H2,1-2H3/t13-,14-/m1/s1. The van der Waals surface area contributed by atoms with Gasteiger partial charge in [0, 0.05) is 25.2 Å². The molecule has 0 saturated carbocycles. The third-order valence-corrected chi connectivity index (χ3v) is 3.92. The van der Waals surface area contributed by atoms with Crippen molar-refractivity contribution in [3.8, 4) is 0 Å². The van der Waals surface area contributed by atoms with Crippen molar-refractivity contribution in [1.29, 1.82) is 0 Å². The molecule has 0 amide bonds. The van der Waals surface area contributed by atoms with Crippen LogP contribution in [0.1, 0.15) is 25.8 Å². The molecular formula is C15H24N2. The van der Waals surface area contributed by atoms with Crippen molar-refractivity contribution >= 4 is 0 Å². The first-order valence-corrected chi connectivity index (χ1v) is 6.79. The lowest BCUT2D eigenvalue weighted by molar-refractivity contribution is 0.137. The Hall–Kier alpha value is -0.860. The molecule has 1 aromatic carbocycles. The summed E-state index contributed by atoms with van der Waals surface area (Å²) in [4.78, 5) is 2.62. The quantitative estimate of drug-likeness (QED) is 0.857. The summed E-state index contributed by atoms with van der Waals surface area (Å²) in [5, 5.41) is 3.53. The fourth-order valence-corrected chi connectivity index (χ4v) is 2.57. The summed E-state index contributed by atoms with van der Waals surface area (Å²) in [5.41, 5.74) is 1.46. The number of aryl methyl sites for hydroxylation is 1. The number of piperazine rings is 1. The van der Waals surface area contributed by atoms with Gasteiger partial charge < -0.3 is 5.32 Å². The first-order valence-electron chi connectivity index (χ1n) is 6.79. The van der Waals surface area contributed by atoms with Crippen molar-refractivity contribution in [3.05, 3.63) is 35.9 Å². The van der Waals surface area contributed by atoms with Crippen molar-refractivity contribution in [1.82, 2.24) is 10.2 Å². The maximum atomic E-state index is 3.53. The SMILES string of the molecule is C[C@@H]1[C@@H](C)NCCN1CCCc1ccccc1. The Balaban J connectivity index is 1.75. The molecule has 0 radical (unpaired) electrons. The number of benzene rings is 1. The van der Waals surface area contributed by atoms with Crippen LogP contribution in [0.15, 0.2) is 30.3 Å². The van der Waals surface area contributed by atoms with E-state index in [0.29, 0.717) is 12.1 Å². The van der Waals surface area contributed by atoms with Gasteiger partial charge in [0.15, 0.2) is 0 Å². The van der Waals surface area contributed by atoms with E-state index in [-0.39, 0.29) is 0 Å². The van der Waals surface area contributed by atoms with Crippen LogP contribution in [-0.2, 0) is 6.42 Å². The Morgan fingerprint density at radius 2 is 2.00 bits per heavy atom. The van der Waals surface area contributed by atoms with Gasteiger partial charge in [0.2, 0.25) is 0 Å². The van der Waals surface area contributed by atoms with E-state index in [2.05, 4.69) is 54.4 Å². The summed E-state index contributed by atoms with van der Waals surface area (Å²) in [6, 6.07) is 12.1. The predicted molar refractivity (Wildman–Crippen MR) is 73.3 cm³/mol. The smallest absolute Gasteiger partial charge is 0.0218 e. The lowest BCUT2D eigenvalue weighted by Gasteiger charge is -2.38. The monoisotopic (exact) mass is 232 g/mol. The fraction of sp³-hybridized carbons (Fsp3) is 0.600. The molecule has 2 rings (SSSR count). The topological polar surface area (TPSA) is 15.3 Å². The molecule has 0 bridgehead atoms. The molecule has 1 N–H and O–H groups in total. The van der Waals surface area contributed by atoms with Crippen molar-refractivity contribution < 1.29 is 0 Å². The largest absolute Gasteiger partial charge is 0.311 e. The Morgan fingerprint density at radius 1 is 1.24 bits per heavy atom. The van der Waals surface area contributed by atoms with Crippen LogP contribution in [0.2, 0.25) is 0 Å². The van der Waals surface area contributed by atoms with Gasteiger partial charge in [0.1, 0.15) is 0 Å². The lowest BCUT2D eigenvalue weighted by Crippen LogP contribution is -2.55. The zero-order chi connectivity index (χ0) is 12.1. The van der Waals surface area contributed by atoms with Crippen LogP contribution in [0.5, 0.6) is 0 Å². The number of nitrogens with one attached hydrogen (secondary N) is 1. The molecule has 1 aromatic rings. The average Bonchev–Trinajstić information content (AvgIpc) is 2.36. The maximum absolute atomic E-state index is 3.53. The van der Waals surface area contributed by atoms with Gasteiger partial charge in [-0.25, -0.2) is 0 Å². The second kappa shape index (κ2) is 6.18. The second-order valence-electron chi connectivity index (χ2n) is 5.11. The summed E-state index contributed by atoms with van der Waals surface area (Å²) >= 11 is 0. The van der Waals surface area contributed by atoms with Gasteiger partial charge in [0.25, 0.3) is 0 Å². The van der Waals surface area contributed by atoms with E-state index >= 15 is 0 Å². The number of rotatable bonds is 4. The van der Waals surface area contributed by atoms with Crippen molar-refractivity contribution in [2.45, 2.75) is 38.8 Å². The van der Waals surface area contributed by atoms with Crippen LogP contribution in [-0.4, -0.2) is 36.6 Å². The van der Waals surface area contributed by atoms with Gasteiger partial charge in [-0.1, -0.05) is 30.3 Å². The normalized spacial score (nSPS) is 26.0. The molecule has 0 unspecified atom stereocenters. The van der Waals surface area contributed by atoms with Gasteiger partial charge in [-0.2, -0.15) is 0 Å². The predicted octanol–water partition coefficient (Wildman–Crippen LogP) is 2.30. The zero-order valence-electron chi connectivity index (χ0n) is 11.0. The van der Waals surface area contributed by atoms with E-state index < -0.39 is 0 Å². The third-order valence-electron chi connectivity index (χ3n) is 3.92. The van der Waals surface area contributed by atoms with Crippen LogP contribution in [0.25, 0.3) is 0 Å². The number of hydrogen-bond donors (Lipinski definition) is 1. The third kappa shape index (κ3) is 3.55. The Morgan fingerprint density at radius 3 is 2.76 bits per heavy atom. The molecule has 1 heterocycles. The van der Waals surface area contributed by atoms with Crippen molar-refractivity contribution in [3.63, 3.8) is 0 Å². The molecule has 1 aliphatic heterocycles. The highest BCUT2D eigenvalue weighted by molar-refractivity contribution is 5.14. The minimum Gasteiger partial charge on any atom is -0.311 e. The zero-order valence-corrected chi connectivity index (χ0v) is 11.0. The summed E-state index contributed by atoms with van der Waals surface area (Å²) in [7, 11) is 0. The van der Waals surface area contributed by atoms with Crippen LogP contribution in [0.4, 0.5) is 0 Å². The summed E-state index contributed by atoms with van der Waals surface area (Å²) in [5.74, 6) is 0. The molecule has 2 atom stereocenters. The van der Waals surface area contributed by atoms with Gasteiger partial charge in [-0.15, -0.1) is 0 Å². The van der Waals surface area contributed by atoms with Crippen LogP contribution >= 0.6 is 0 Å². The Bertz CT molecular complexity index is 323. The molecule has 17 heavy (non-hydrogen) atoms. The molecular weight excluding hydrogens is 208 g/mol. The van der Waals surface area contributed by atoms with E-state index in [9.17, 15) is 0 Å². The van der Waals surface area contributed by atoms with Crippen LogP contribution in [0, 0.1) is 0 Å². The maximum Gasteiger partial charge on any atom is 0.0218 e. The van der Waals surface area contributed by atoms with E-state index in [1.165, 1.54) is 31.5 Å². The summed E-state index contributed by atoms with van der Waals surface area (Å²) in [6.07, 6.45) is 2.47. The highest BCUT2D eigenvalue weighted by Crippen LogP contribution is 2.10. The fourth-order valence-electron chi connectivity index (χ4n) is 2.57. The number of nitrogens with zero attached hydrogens (tertiary/aromatic N) is 1. The first-order chi connectivity index (χ1) is 8.27. The molecule has 1 fully saturated rings. The average molecular weight is 232 g/mol. The minimum atomic E-state index is 0.625. The molecule has 0 aromatic heterocycles. The summed E-state index contributed by atoms with van der Waals surface area (Å²) < 4.78 is 0. The molecule has 1 aliphatic rings. The van der Waals surface area contributed by atoms with Crippen LogP contribution < -0.4 is 5.32 Å². The van der Waals surface area contributed by atoms with Gasteiger partial charge >= 0.3 is 0 Å². The minimum absolute atomic E-state index is 0.625. The molecule has 0 spiro atoms. The van der Waals surface area contributed by atoms with E-state index in [1.807, 2.05) is 0 Å². The van der Waals surface area contributed by atoms with Gasteiger partial charge in [-0.05, 0) is 38.8 Å². The molecule has 2 heteroatoms. The molecule has 94 valence electrons. The van der Waals surface area contributed by atoms with Crippen molar-refractivity contribution in [2.24, 2.45) is 0 Å². The van der Waals surface area contributed by atoms with E-state index in [1.54, 1.807) is 0 Å². The molecule has 1 saturated heterocycles. The highest BCUT2D eigenvalue weighted by Gasteiger charge is 2.23. The van der Waals surface area contributed by atoms with E-state index in [0.717, 1.165) is 6.54 Å². The van der Waals surface area contributed by atoms with Gasteiger partial charge in [-0.3, -0.25) is 4.90 Å². The summed E-state index contributed by atoms with van der Waals surface area (Å²) in [6.45, 7) is 8.17. The second-order valence-corrected chi connectivity index (χ2v) is 5.11. The van der Waals surface area contributed by atoms with Crippen molar-refractivity contribution in [2.75, 3.05) is 19.6 Å². The van der Waals surface area contributed by atoms with Crippen LogP contribution in [0.3, 0.4) is 0 Å². The first kappa shape index (κ1) is 12.6. The number of hydrogen-bond acceptors (Lipinski definition) is 2.